The van der Waals surface area contributed by atoms with Gasteiger partial charge in [-0.3, -0.25) is 0 Å². The van der Waals surface area contributed by atoms with Gasteiger partial charge in [-0.2, -0.15) is 0 Å². The molecule has 1 atom stereocenters. The minimum atomic E-state index is -1.96. The third-order valence-corrected chi connectivity index (χ3v) is 4.00. The summed E-state index contributed by atoms with van der Waals surface area (Å²) >= 11 is 5.22. The maximum absolute atomic E-state index is 5.57. The van der Waals surface area contributed by atoms with E-state index in [1.54, 1.807) is 0 Å². The molecule has 0 bridgehead atoms. The molecule has 0 spiro atoms. The SMILES string of the molecule is CCO[P@](C)(=S)OCCN(CC)CC. The Morgan fingerprint density at radius 3 is 2.14 bits per heavy atom. The first-order valence-electron chi connectivity index (χ1n) is 5.14. The minimum Gasteiger partial charge on any atom is -0.330 e. The summed E-state index contributed by atoms with van der Waals surface area (Å²) in [6.45, 7) is 10.5. The van der Waals surface area contributed by atoms with Crippen molar-refractivity contribution in [1.29, 1.82) is 0 Å². The highest BCUT2D eigenvalue weighted by molar-refractivity contribution is 8.09. The Labute approximate surface area is 92.9 Å². The molecule has 5 heteroatoms. The van der Waals surface area contributed by atoms with Crippen LogP contribution in [0.4, 0.5) is 0 Å². The summed E-state index contributed by atoms with van der Waals surface area (Å²) in [6, 6.07) is 0. The molecule has 0 fully saturated rings. The Morgan fingerprint density at radius 2 is 1.71 bits per heavy atom. The van der Waals surface area contributed by atoms with Gasteiger partial charge in [0.25, 0.3) is 0 Å². The molecule has 14 heavy (non-hydrogen) atoms. The molecule has 0 aliphatic rings. The molecular formula is C9H22NO2PS. The predicted octanol–water partition coefficient (Wildman–Crippen LogP) is 2.32. The average Bonchev–Trinajstić information content (AvgIpc) is 2.12. The number of nitrogens with zero attached hydrogens (tertiary/aromatic N) is 1. The molecule has 0 aromatic heterocycles. The van der Waals surface area contributed by atoms with Crippen molar-refractivity contribution >= 4 is 18.3 Å². The zero-order valence-electron chi connectivity index (χ0n) is 9.65. The molecule has 0 radical (unpaired) electrons. The summed E-state index contributed by atoms with van der Waals surface area (Å²) < 4.78 is 10.9. The average molecular weight is 239 g/mol. The van der Waals surface area contributed by atoms with E-state index < -0.39 is 6.49 Å². The molecule has 86 valence electrons. The lowest BCUT2D eigenvalue weighted by Gasteiger charge is -2.21. The Morgan fingerprint density at radius 1 is 1.14 bits per heavy atom. The fourth-order valence-electron chi connectivity index (χ4n) is 1.15. The molecule has 0 aliphatic heterocycles. The first-order valence-corrected chi connectivity index (χ1v) is 8.23. The monoisotopic (exact) mass is 239 g/mol. The summed E-state index contributed by atoms with van der Waals surface area (Å²) in [5, 5.41) is 0. The van der Waals surface area contributed by atoms with Gasteiger partial charge in [-0.25, -0.2) is 0 Å². The van der Waals surface area contributed by atoms with E-state index in [0.29, 0.717) is 13.2 Å². The largest absolute Gasteiger partial charge is 0.330 e. The molecule has 0 rings (SSSR count). The second kappa shape index (κ2) is 7.77. The predicted molar refractivity (Wildman–Crippen MR) is 65.6 cm³/mol. The van der Waals surface area contributed by atoms with E-state index in [0.717, 1.165) is 19.6 Å². The molecule has 0 unspecified atom stereocenters. The van der Waals surface area contributed by atoms with Crippen molar-refractivity contribution in [2.24, 2.45) is 0 Å². The normalized spacial score (nSPS) is 15.8. The van der Waals surface area contributed by atoms with E-state index in [-0.39, 0.29) is 0 Å². The van der Waals surface area contributed by atoms with E-state index in [4.69, 9.17) is 20.9 Å². The van der Waals surface area contributed by atoms with Crippen molar-refractivity contribution in [3.63, 3.8) is 0 Å². The molecule has 3 nitrogen and oxygen atoms in total. The van der Waals surface area contributed by atoms with Crippen LogP contribution in [0.1, 0.15) is 20.8 Å². The van der Waals surface area contributed by atoms with Crippen LogP contribution in [0.3, 0.4) is 0 Å². The molecule has 0 aliphatic carbocycles. The van der Waals surface area contributed by atoms with Crippen molar-refractivity contribution in [2.45, 2.75) is 20.8 Å². The Balaban J connectivity index is 3.66. The van der Waals surface area contributed by atoms with Crippen molar-refractivity contribution in [1.82, 2.24) is 4.90 Å². The van der Waals surface area contributed by atoms with Gasteiger partial charge in [0.1, 0.15) is 0 Å². The van der Waals surface area contributed by atoms with Gasteiger partial charge < -0.3 is 13.9 Å². The van der Waals surface area contributed by atoms with Gasteiger partial charge in [-0.05, 0) is 31.8 Å². The van der Waals surface area contributed by atoms with Gasteiger partial charge in [-0.15, -0.1) is 0 Å². The Hall–Kier alpha value is 0.530. The maximum Gasteiger partial charge on any atom is 0.185 e. The van der Waals surface area contributed by atoms with Crippen LogP contribution in [0.5, 0.6) is 0 Å². The Kier molecular flexibility index (Phi) is 8.07. The lowest BCUT2D eigenvalue weighted by Crippen LogP contribution is -2.26. The summed E-state index contributed by atoms with van der Waals surface area (Å²) in [5.74, 6) is 0. The van der Waals surface area contributed by atoms with Gasteiger partial charge in [0.2, 0.25) is 0 Å². The van der Waals surface area contributed by atoms with Crippen molar-refractivity contribution < 1.29 is 9.05 Å². The molecule has 0 aromatic carbocycles. The molecule has 0 saturated heterocycles. The summed E-state index contributed by atoms with van der Waals surface area (Å²) in [4.78, 5) is 2.31. The van der Waals surface area contributed by atoms with Crippen LogP contribution in [0, 0.1) is 0 Å². The van der Waals surface area contributed by atoms with Crippen molar-refractivity contribution in [2.75, 3.05) is 39.5 Å². The van der Waals surface area contributed by atoms with Gasteiger partial charge in [-0.1, -0.05) is 13.8 Å². The van der Waals surface area contributed by atoms with Crippen LogP contribution in [0.25, 0.3) is 0 Å². The highest BCUT2D eigenvalue weighted by atomic mass is 32.5. The van der Waals surface area contributed by atoms with E-state index in [1.807, 2.05) is 13.6 Å². The lowest BCUT2D eigenvalue weighted by atomic mass is 10.5. The van der Waals surface area contributed by atoms with E-state index in [2.05, 4.69) is 18.7 Å². The van der Waals surface area contributed by atoms with Crippen LogP contribution >= 0.6 is 6.49 Å². The van der Waals surface area contributed by atoms with Crippen LogP contribution in [0.2, 0.25) is 0 Å². The molecular weight excluding hydrogens is 217 g/mol. The van der Waals surface area contributed by atoms with Gasteiger partial charge in [0.15, 0.2) is 6.49 Å². The smallest absolute Gasteiger partial charge is 0.185 e. The number of likely N-dealkylation sites (N-methyl/N-ethyl adjacent to an activating group) is 1. The topological polar surface area (TPSA) is 21.7 Å². The van der Waals surface area contributed by atoms with Crippen LogP contribution in [0.15, 0.2) is 0 Å². The minimum absolute atomic E-state index is 0.638. The number of hydrogen-bond acceptors (Lipinski definition) is 4. The first kappa shape index (κ1) is 14.5. The fraction of sp³-hybridized carbons (Fsp3) is 1.00. The summed E-state index contributed by atoms with van der Waals surface area (Å²) in [5.41, 5.74) is 0. The Bertz CT molecular complexity index is 186. The van der Waals surface area contributed by atoms with Gasteiger partial charge in [0.05, 0.1) is 13.2 Å². The first-order chi connectivity index (χ1) is 6.55. The van der Waals surface area contributed by atoms with Gasteiger partial charge in [0, 0.05) is 13.2 Å². The zero-order valence-corrected chi connectivity index (χ0v) is 11.4. The van der Waals surface area contributed by atoms with Gasteiger partial charge >= 0.3 is 0 Å². The van der Waals surface area contributed by atoms with Crippen molar-refractivity contribution in [3.05, 3.63) is 0 Å². The summed E-state index contributed by atoms with van der Waals surface area (Å²) in [6.07, 6.45) is 0. The maximum atomic E-state index is 5.57. The molecule has 0 amide bonds. The highest BCUT2D eigenvalue weighted by Gasteiger charge is 2.10. The van der Waals surface area contributed by atoms with Crippen LogP contribution < -0.4 is 0 Å². The second-order valence-electron chi connectivity index (χ2n) is 3.05. The van der Waals surface area contributed by atoms with E-state index >= 15 is 0 Å². The standard InChI is InChI=1S/C9H22NO2PS/c1-5-10(6-2)8-9-12-13(4,14)11-7-3/h5-9H2,1-4H3/t13-/m0/s1. The van der Waals surface area contributed by atoms with Crippen molar-refractivity contribution in [3.8, 4) is 0 Å². The quantitative estimate of drug-likeness (QED) is 0.606. The lowest BCUT2D eigenvalue weighted by molar-refractivity contribution is 0.207. The van der Waals surface area contributed by atoms with Crippen LogP contribution in [-0.2, 0) is 20.9 Å². The molecule has 0 heterocycles. The second-order valence-corrected chi connectivity index (χ2v) is 7.10. The third-order valence-electron chi connectivity index (χ3n) is 1.99. The zero-order chi connectivity index (χ0) is 11.0. The van der Waals surface area contributed by atoms with Crippen LogP contribution in [-0.4, -0.2) is 44.4 Å². The molecule has 0 aromatic rings. The fourth-order valence-corrected chi connectivity index (χ4v) is 2.64. The number of rotatable bonds is 8. The third kappa shape index (κ3) is 6.91. The highest BCUT2D eigenvalue weighted by Crippen LogP contribution is 2.43. The molecule has 0 N–H and O–H groups in total. The number of hydrogen-bond donors (Lipinski definition) is 0. The van der Waals surface area contributed by atoms with E-state index in [9.17, 15) is 0 Å². The van der Waals surface area contributed by atoms with E-state index in [1.165, 1.54) is 0 Å². The summed E-state index contributed by atoms with van der Waals surface area (Å²) in [7, 11) is 0. The molecule has 0 saturated carbocycles.